The molecule has 2 N–H and O–H groups in total. The number of carbonyl (C=O) groups is 1. The van der Waals surface area contributed by atoms with Gasteiger partial charge in [0, 0.05) is 32.7 Å². The molecule has 0 aromatic carbocycles. The molecule has 0 aromatic rings. The average Bonchev–Trinajstić information content (AvgIpc) is 2.52. The Bertz CT molecular complexity index is 234. The third kappa shape index (κ3) is 5.48. The van der Waals surface area contributed by atoms with E-state index in [4.69, 9.17) is 10.5 Å². The summed E-state index contributed by atoms with van der Waals surface area (Å²) in [7, 11) is 0. The van der Waals surface area contributed by atoms with Gasteiger partial charge in [0.15, 0.2) is 0 Å². The van der Waals surface area contributed by atoms with E-state index in [1.807, 2.05) is 18.7 Å². The number of amides is 1. The zero-order chi connectivity index (χ0) is 12.7. The molecule has 0 aromatic heterocycles. The quantitative estimate of drug-likeness (QED) is 0.733. The molecule has 1 aliphatic rings. The second kappa shape index (κ2) is 7.63. The highest BCUT2D eigenvalue weighted by Crippen LogP contribution is 2.03. The minimum Gasteiger partial charge on any atom is -0.369 e. The van der Waals surface area contributed by atoms with Crippen molar-refractivity contribution in [2.24, 2.45) is 5.73 Å². The summed E-state index contributed by atoms with van der Waals surface area (Å²) in [5.41, 5.74) is 5.54. The van der Waals surface area contributed by atoms with E-state index in [1.54, 1.807) is 0 Å². The van der Waals surface area contributed by atoms with Gasteiger partial charge in [-0.3, -0.25) is 4.79 Å². The van der Waals surface area contributed by atoms with E-state index in [-0.39, 0.29) is 18.6 Å². The van der Waals surface area contributed by atoms with Gasteiger partial charge in [0.1, 0.15) is 6.61 Å². The number of carbonyl (C=O) groups excluding carboxylic acids is 1. The van der Waals surface area contributed by atoms with Crippen molar-refractivity contribution in [3.05, 3.63) is 0 Å². The third-order valence-electron chi connectivity index (χ3n) is 2.93. The van der Waals surface area contributed by atoms with Crippen LogP contribution in [0.3, 0.4) is 0 Å². The van der Waals surface area contributed by atoms with Crippen molar-refractivity contribution < 1.29 is 9.53 Å². The van der Waals surface area contributed by atoms with Gasteiger partial charge in [-0.15, -0.1) is 0 Å². The molecule has 5 heteroatoms. The first-order valence-electron chi connectivity index (χ1n) is 6.45. The molecule has 5 nitrogen and oxygen atoms in total. The summed E-state index contributed by atoms with van der Waals surface area (Å²) in [4.78, 5) is 16.1. The summed E-state index contributed by atoms with van der Waals surface area (Å²) in [5.74, 6) is 0.105. The van der Waals surface area contributed by atoms with Crippen molar-refractivity contribution in [3.63, 3.8) is 0 Å². The topological polar surface area (TPSA) is 58.8 Å². The molecule has 0 saturated carbocycles. The van der Waals surface area contributed by atoms with E-state index >= 15 is 0 Å². The molecule has 0 bridgehead atoms. The number of nitrogens with two attached hydrogens (primary N) is 1. The lowest BCUT2D eigenvalue weighted by atomic mass is 10.3. The standard InChI is InChI=1S/C12H25N3O2/c1-11(2)17-10-12(16)15-6-3-5-14(7-4-13)8-9-15/h11H,3-10,13H2,1-2H3. The normalized spacial score (nSPS) is 18.5. The summed E-state index contributed by atoms with van der Waals surface area (Å²) in [6.45, 7) is 9.28. The minimum atomic E-state index is 0.105. The van der Waals surface area contributed by atoms with Crippen molar-refractivity contribution in [2.45, 2.75) is 26.4 Å². The van der Waals surface area contributed by atoms with E-state index in [1.165, 1.54) is 0 Å². The molecule has 0 aliphatic carbocycles. The van der Waals surface area contributed by atoms with Crippen LogP contribution < -0.4 is 5.73 Å². The van der Waals surface area contributed by atoms with Crippen molar-refractivity contribution >= 4 is 5.91 Å². The lowest BCUT2D eigenvalue weighted by Gasteiger charge is -2.22. The summed E-state index contributed by atoms with van der Waals surface area (Å²) < 4.78 is 5.35. The Morgan fingerprint density at radius 2 is 2.06 bits per heavy atom. The zero-order valence-corrected chi connectivity index (χ0v) is 11.0. The molecule has 0 spiro atoms. The van der Waals surface area contributed by atoms with Crippen molar-refractivity contribution in [1.29, 1.82) is 0 Å². The van der Waals surface area contributed by atoms with Crippen LogP contribution in [0.15, 0.2) is 0 Å². The second-order valence-electron chi connectivity index (χ2n) is 4.72. The van der Waals surface area contributed by atoms with E-state index in [9.17, 15) is 4.79 Å². The smallest absolute Gasteiger partial charge is 0.248 e. The van der Waals surface area contributed by atoms with E-state index < -0.39 is 0 Å². The molecule has 100 valence electrons. The van der Waals surface area contributed by atoms with Gasteiger partial charge in [-0.1, -0.05) is 0 Å². The molecule has 0 radical (unpaired) electrons. The number of hydrogen-bond acceptors (Lipinski definition) is 4. The lowest BCUT2D eigenvalue weighted by Crippen LogP contribution is -2.38. The van der Waals surface area contributed by atoms with Crippen molar-refractivity contribution in [3.8, 4) is 0 Å². The van der Waals surface area contributed by atoms with Crippen LogP contribution in [0, 0.1) is 0 Å². The van der Waals surface area contributed by atoms with Crippen LogP contribution in [0.4, 0.5) is 0 Å². The maximum atomic E-state index is 11.9. The molecule has 1 fully saturated rings. The fourth-order valence-corrected chi connectivity index (χ4v) is 1.96. The van der Waals surface area contributed by atoms with Gasteiger partial charge in [0.05, 0.1) is 6.10 Å². The predicted octanol–water partition coefficient (Wildman–Crippen LogP) is -0.0956. The Kier molecular flexibility index (Phi) is 6.47. The molecule has 1 saturated heterocycles. The Balaban J connectivity index is 2.32. The van der Waals surface area contributed by atoms with Gasteiger partial charge < -0.3 is 20.3 Å². The Morgan fingerprint density at radius 1 is 1.29 bits per heavy atom. The second-order valence-corrected chi connectivity index (χ2v) is 4.72. The molecule has 1 rings (SSSR count). The van der Waals surface area contributed by atoms with Crippen LogP contribution in [0.2, 0.25) is 0 Å². The molecular formula is C12H25N3O2. The lowest BCUT2D eigenvalue weighted by molar-refractivity contribution is -0.137. The van der Waals surface area contributed by atoms with Crippen LogP contribution in [-0.2, 0) is 9.53 Å². The maximum absolute atomic E-state index is 11.9. The summed E-state index contributed by atoms with van der Waals surface area (Å²) >= 11 is 0. The first kappa shape index (κ1) is 14.4. The van der Waals surface area contributed by atoms with E-state index in [0.29, 0.717) is 6.54 Å². The van der Waals surface area contributed by atoms with Crippen LogP contribution >= 0.6 is 0 Å². The Labute approximate surface area is 104 Å². The van der Waals surface area contributed by atoms with Crippen LogP contribution in [0.1, 0.15) is 20.3 Å². The SMILES string of the molecule is CC(C)OCC(=O)N1CCCN(CCN)CC1. The highest BCUT2D eigenvalue weighted by molar-refractivity contribution is 5.77. The first-order chi connectivity index (χ1) is 8.13. The number of nitrogens with zero attached hydrogens (tertiary/aromatic N) is 2. The Hall–Kier alpha value is -0.650. The largest absolute Gasteiger partial charge is 0.369 e. The van der Waals surface area contributed by atoms with Crippen LogP contribution in [-0.4, -0.2) is 67.7 Å². The monoisotopic (exact) mass is 243 g/mol. The number of hydrogen-bond donors (Lipinski definition) is 1. The highest BCUT2D eigenvalue weighted by atomic mass is 16.5. The van der Waals surface area contributed by atoms with Gasteiger partial charge in [-0.2, -0.15) is 0 Å². The molecule has 17 heavy (non-hydrogen) atoms. The molecule has 1 heterocycles. The molecule has 0 unspecified atom stereocenters. The van der Waals surface area contributed by atoms with Gasteiger partial charge in [0.25, 0.3) is 0 Å². The van der Waals surface area contributed by atoms with Gasteiger partial charge >= 0.3 is 0 Å². The minimum absolute atomic E-state index is 0.105. The van der Waals surface area contributed by atoms with Crippen molar-refractivity contribution in [1.82, 2.24) is 9.80 Å². The fourth-order valence-electron chi connectivity index (χ4n) is 1.96. The van der Waals surface area contributed by atoms with Crippen LogP contribution in [0.5, 0.6) is 0 Å². The van der Waals surface area contributed by atoms with Gasteiger partial charge in [0.2, 0.25) is 5.91 Å². The number of ether oxygens (including phenoxy) is 1. The molecule has 0 atom stereocenters. The molecule has 1 amide bonds. The predicted molar refractivity (Wildman–Crippen MR) is 67.8 cm³/mol. The number of rotatable bonds is 5. The highest BCUT2D eigenvalue weighted by Gasteiger charge is 2.18. The van der Waals surface area contributed by atoms with Crippen molar-refractivity contribution in [2.75, 3.05) is 45.9 Å². The molecule has 1 aliphatic heterocycles. The van der Waals surface area contributed by atoms with Crippen LogP contribution in [0.25, 0.3) is 0 Å². The molecular weight excluding hydrogens is 218 g/mol. The Morgan fingerprint density at radius 3 is 2.71 bits per heavy atom. The van der Waals surface area contributed by atoms with Gasteiger partial charge in [-0.05, 0) is 26.8 Å². The maximum Gasteiger partial charge on any atom is 0.248 e. The summed E-state index contributed by atoms with van der Waals surface area (Å²) in [6.07, 6.45) is 1.13. The third-order valence-corrected chi connectivity index (χ3v) is 2.93. The summed E-state index contributed by atoms with van der Waals surface area (Å²) in [5, 5.41) is 0. The van der Waals surface area contributed by atoms with E-state index in [0.717, 1.165) is 39.1 Å². The first-order valence-corrected chi connectivity index (χ1v) is 6.45. The van der Waals surface area contributed by atoms with Gasteiger partial charge in [-0.25, -0.2) is 0 Å². The average molecular weight is 243 g/mol. The fraction of sp³-hybridized carbons (Fsp3) is 0.917. The van der Waals surface area contributed by atoms with E-state index in [2.05, 4.69) is 4.90 Å². The summed E-state index contributed by atoms with van der Waals surface area (Å²) in [6, 6.07) is 0. The zero-order valence-electron chi connectivity index (χ0n) is 11.0.